The lowest BCUT2D eigenvalue weighted by atomic mass is 10.3. The second kappa shape index (κ2) is 12.8. The van der Waals surface area contributed by atoms with Gasteiger partial charge in [0.25, 0.3) is 0 Å². The monoisotopic (exact) mass is 346 g/mol. The highest BCUT2D eigenvalue weighted by molar-refractivity contribution is 5.86. The molecule has 0 aromatic rings. The van der Waals surface area contributed by atoms with Crippen molar-refractivity contribution in [3.8, 4) is 0 Å². The molecular weight excluding hydrogens is 320 g/mol. The molecule has 0 aromatic carbocycles. The van der Waals surface area contributed by atoms with Crippen LogP contribution in [0.2, 0.25) is 0 Å². The Morgan fingerprint density at radius 1 is 1.00 bits per heavy atom. The van der Waals surface area contributed by atoms with Gasteiger partial charge in [0.05, 0.1) is 19.8 Å². The second-order valence-electron chi connectivity index (χ2n) is 5.21. The molecule has 0 saturated carbocycles. The Kier molecular flexibility index (Phi) is 12.0. The zero-order valence-corrected chi connectivity index (χ0v) is 14.2. The minimum Gasteiger partial charge on any atom is -0.460 e. The van der Waals surface area contributed by atoms with E-state index in [1.54, 1.807) is 6.92 Å². The Hall–Kier alpha value is -1.58. The fourth-order valence-corrected chi connectivity index (χ4v) is 1.22. The van der Waals surface area contributed by atoms with Crippen LogP contribution in [0, 0.1) is 0 Å². The summed E-state index contributed by atoms with van der Waals surface area (Å²) in [5, 5.41) is 18.8. The lowest BCUT2D eigenvalue weighted by Crippen LogP contribution is -2.25. The van der Waals surface area contributed by atoms with Crippen LogP contribution in [0.5, 0.6) is 0 Å². The molecule has 0 radical (unpaired) electrons. The number of hydrogen-bond acceptors (Lipinski definition) is 8. The van der Waals surface area contributed by atoms with Crippen molar-refractivity contribution < 1.29 is 38.7 Å². The summed E-state index contributed by atoms with van der Waals surface area (Å²) in [6.07, 6.45) is -2.12. The maximum Gasteiger partial charge on any atom is 0.333 e. The fraction of sp³-hybridized carbons (Fsp3) is 0.625. The third kappa shape index (κ3) is 11.9. The maximum absolute atomic E-state index is 11.4. The van der Waals surface area contributed by atoms with E-state index in [9.17, 15) is 19.8 Å². The molecular formula is C16H26O8. The Bertz CT molecular complexity index is 432. The maximum atomic E-state index is 11.4. The summed E-state index contributed by atoms with van der Waals surface area (Å²) < 4.78 is 19.8. The third-order valence-corrected chi connectivity index (χ3v) is 2.52. The molecule has 2 unspecified atom stereocenters. The van der Waals surface area contributed by atoms with Crippen molar-refractivity contribution in [3.63, 3.8) is 0 Å². The van der Waals surface area contributed by atoms with Crippen LogP contribution in [0.25, 0.3) is 0 Å². The highest BCUT2D eigenvalue weighted by atomic mass is 16.6. The van der Waals surface area contributed by atoms with Crippen molar-refractivity contribution in [3.05, 3.63) is 24.3 Å². The van der Waals surface area contributed by atoms with Crippen LogP contribution >= 0.6 is 0 Å². The molecule has 0 amide bonds. The van der Waals surface area contributed by atoms with Crippen molar-refractivity contribution in [2.24, 2.45) is 0 Å². The zero-order valence-electron chi connectivity index (χ0n) is 14.2. The summed E-state index contributed by atoms with van der Waals surface area (Å²) in [5.74, 6) is -0.906. The topological polar surface area (TPSA) is 112 Å². The van der Waals surface area contributed by atoms with Gasteiger partial charge >= 0.3 is 5.97 Å². The van der Waals surface area contributed by atoms with E-state index in [1.165, 1.54) is 6.92 Å². The highest BCUT2D eigenvalue weighted by Crippen LogP contribution is 1.99. The second-order valence-corrected chi connectivity index (χ2v) is 5.21. The average Bonchev–Trinajstić information content (AvgIpc) is 2.52. The molecule has 24 heavy (non-hydrogen) atoms. The number of Topliss-reactive ketones (excluding diaryl/α,β-unsaturated/α-hetero) is 1. The van der Waals surface area contributed by atoms with Gasteiger partial charge in [-0.05, 0) is 19.4 Å². The number of carbonyl (C=O) groups excluding carboxylic acids is 2. The number of carbonyl (C=O) groups is 2. The van der Waals surface area contributed by atoms with Crippen molar-refractivity contribution in [2.75, 3.05) is 39.6 Å². The normalized spacial score (nSPS) is 13.2. The first-order valence-corrected chi connectivity index (χ1v) is 7.37. The first-order valence-electron chi connectivity index (χ1n) is 7.37. The largest absolute Gasteiger partial charge is 0.460 e. The fourth-order valence-electron chi connectivity index (χ4n) is 1.22. The smallest absolute Gasteiger partial charge is 0.333 e. The van der Waals surface area contributed by atoms with E-state index in [0.29, 0.717) is 5.57 Å². The van der Waals surface area contributed by atoms with E-state index in [-0.39, 0.29) is 51.0 Å². The first kappa shape index (κ1) is 22.4. The lowest BCUT2D eigenvalue weighted by Gasteiger charge is -2.12. The van der Waals surface area contributed by atoms with Gasteiger partial charge in [-0.3, -0.25) is 4.79 Å². The Balaban J connectivity index is 3.56. The van der Waals surface area contributed by atoms with E-state index in [2.05, 4.69) is 13.2 Å². The van der Waals surface area contributed by atoms with Crippen LogP contribution in [0.3, 0.4) is 0 Å². The van der Waals surface area contributed by atoms with Gasteiger partial charge < -0.3 is 29.2 Å². The average molecular weight is 346 g/mol. The van der Waals surface area contributed by atoms with Crippen LogP contribution in [0.4, 0.5) is 0 Å². The Labute approximate surface area is 141 Å². The summed E-state index contributed by atoms with van der Waals surface area (Å²) in [4.78, 5) is 22.5. The van der Waals surface area contributed by atoms with Crippen molar-refractivity contribution in [1.29, 1.82) is 0 Å². The molecule has 0 heterocycles. The minimum absolute atomic E-state index is 0.0330. The number of hydrogen-bond donors (Lipinski definition) is 2. The standard InChI is InChI=1S/C16H26O8/c1-11(2)15(19)23-9-13(17)7-21-5-6-22-8-14(18)10-24-16(20)12(3)4/h13,16-17,20H,1,3,5-10H2,2,4H3. The van der Waals surface area contributed by atoms with Crippen molar-refractivity contribution >= 4 is 11.8 Å². The van der Waals surface area contributed by atoms with Gasteiger partial charge in [0, 0.05) is 5.57 Å². The summed E-state index contributed by atoms with van der Waals surface area (Å²) >= 11 is 0. The molecule has 0 aliphatic heterocycles. The van der Waals surface area contributed by atoms with Crippen LogP contribution in [-0.2, 0) is 28.5 Å². The zero-order chi connectivity index (χ0) is 18.5. The molecule has 0 bridgehead atoms. The quantitative estimate of drug-likeness (QED) is 0.148. The molecule has 2 atom stereocenters. The van der Waals surface area contributed by atoms with Crippen molar-refractivity contribution in [1.82, 2.24) is 0 Å². The summed E-state index contributed by atoms with van der Waals surface area (Å²) in [7, 11) is 0. The molecule has 0 fully saturated rings. The third-order valence-electron chi connectivity index (χ3n) is 2.52. The van der Waals surface area contributed by atoms with Gasteiger partial charge in [-0.1, -0.05) is 13.2 Å². The highest BCUT2D eigenvalue weighted by Gasteiger charge is 2.10. The van der Waals surface area contributed by atoms with Crippen LogP contribution < -0.4 is 0 Å². The number of ketones is 1. The molecule has 0 aliphatic rings. The predicted molar refractivity (Wildman–Crippen MR) is 85.2 cm³/mol. The molecule has 138 valence electrons. The summed E-state index contributed by atoms with van der Waals surface area (Å²) in [6.45, 7) is 9.63. The van der Waals surface area contributed by atoms with Crippen molar-refractivity contribution in [2.45, 2.75) is 26.2 Å². The summed E-state index contributed by atoms with van der Waals surface area (Å²) in [5.41, 5.74) is 0.658. The van der Waals surface area contributed by atoms with Gasteiger partial charge in [0.1, 0.15) is 25.9 Å². The number of ether oxygens (including phenoxy) is 4. The van der Waals surface area contributed by atoms with E-state index < -0.39 is 18.4 Å². The number of rotatable bonds is 14. The van der Waals surface area contributed by atoms with Gasteiger partial charge in [0.15, 0.2) is 12.1 Å². The van der Waals surface area contributed by atoms with E-state index in [4.69, 9.17) is 18.9 Å². The van der Waals surface area contributed by atoms with Gasteiger partial charge in [-0.25, -0.2) is 4.79 Å². The lowest BCUT2D eigenvalue weighted by molar-refractivity contribution is -0.143. The SMILES string of the molecule is C=C(C)C(=O)OCC(O)COCCOCC(=O)COC(O)C(=C)C. The molecule has 8 nitrogen and oxygen atoms in total. The summed E-state index contributed by atoms with van der Waals surface area (Å²) in [6, 6.07) is 0. The Morgan fingerprint density at radius 3 is 2.21 bits per heavy atom. The first-order chi connectivity index (χ1) is 11.2. The molecule has 8 heteroatoms. The van der Waals surface area contributed by atoms with Gasteiger partial charge in [-0.2, -0.15) is 0 Å². The number of aliphatic hydroxyl groups excluding tert-OH is 2. The molecule has 0 saturated heterocycles. The van der Waals surface area contributed by atoms with Crippen LogP contribution in [0.15, 0.2) is 24.3 Å². The van der Waals surface area contributed by atoms with Crippen LogP contribution in [-0.4, -0.2) is 74.0 Å². The number of esters is 1. The predicted octanol–water partition coefficient (Wildman–Crippen LogP) is -0.0200. The molecule has 2 N–H and O–H groups in total. The van der Waals surface area contributed by atoms with Gasteiger partial charge in [-0.15, -0.1) is 0 Å². The van der Waals surface area contributed by atoms with E-state index in [1.807, 2.05) is 0 Å². The van der Waals surface area contributed by atoms with Crippen LogP contribution in [0.1, 0.15) is 13.8 Å². The minimum atomic E-state index is -1.17. The van der Waals surface area contributed by atoms with Gasteiger partial charge in [0.2, 0.25) is 0 Å². The molecule has 0 rings (SSSR count). The molecule has 0 aliphatic carbocycles. The number of aliphatic hydroxyl groups is 2. The molecule has 0 aromatic heterocycles. The van der Waals surface area contributed by atoms with E-state index >= 15 is 0 Å². The van der Waals surface area contributed by atoms with E-state index in [0.717, 1.165) is 0 Å². The Morgan fingerprint density at radius 2 is 1.62 bits per heavy atom. The molecule has 0 spiro atoms.